The van der Waals surface area contributed by atoms with Gasteiger partial charge >= 0.3 is 6.09 Å². The van der Waals surface area contributed by atoms with Crippen molar-refractivity contribution in [2.75, 3.05) is 13.7 Å². The standard InChI is InChI=1S/C34H51NO6/c1-6-7-8-9-16-21-28(36)25-40-32-30(39-24-27-19-14-11-15-20-27)22-29(38-23-26-17-12-10-13-18-26)31(32)35(5)33(37)41-34(2,3)4/h10-15,17-20,28-32,36H,6-9,16,21-25H2,1-5H3/t28?,29-,30+,31+,32+/m1/s1. The lowest BCUT2D eigenvalue weighted by molar-refractivity contribution is -0.106. The van der Waals surface area contributed by atoms with E-state index in [4.69, 9.17) is 18.9 Å². The van der Waals surface area contributed by atoms with E-state index in [0.29, 0.717) is 26.1 Å². The van der Waals surface area contributed by atoms with Crippen LogP contribution < -0.4 is 0 Å². The van der Waals surface area contributed by atoms with Gasteiger partial charge in [-0.1, -0.05) is 99.7 Å². The van der Waals surface area contributed by atoms with Crippen molar-refractivity contribution in [3.63, 3.8) is 0 Å². The van der Waals surface area contributed by atoms with Gasteiger partial charge in [-0.2, -0.15) is 0 Å². The molecule has 41 heavy (non-hydrogen) atoms. The summed E-state index contributed by atoms with van der Waals surface area (Å²) in [6, 6.07) is 19.6. The number of ether oxygens (including phenoxy) is 4. The number of likely N-dealkylation sites (N-methyl/N-ethyl adjacent to an activating group) is 1. The zero-order valence-electron chi connectivity index (χ0n) is 25.7. The smallest absolute Gasteiger partial charge is 0.410 e. The fraction of sp³-hybridized carbons (Fsp3) is 0.618. The molecule has 228 valence electrons. The van der Waals surface area contributed by atoms with Crippen molar-refractivity contribution in [3.05, 3.63) is 71.8 Å². The number of unbranched alkanes of at least 4 members (excludes halogenated alkanes) is 4. The van der Waals surface area contributed by atoms with Gasteiger partial charge in [0, 0.05) is 13.5 Å². The zero-order chi connectivity index (χ0) is 29.7. The number of carbonyl (C=O) groups excluding carboxylic acids is 1. The van der Waals surface area contributed by atoms with E-state index in [1.165, 1.54) is 19.3 Å². The van der Waals surface area contributed by atoms with E-state index in [9.17, 15) is 9.90 Å². The first kappa shape index (κ1) is 33.1. The monoisotopic (exact) mass is 569 g/mol. The first-order chi connectivity index (χ1) is 19.7. The van der Waals surface area contributed by atoms with Crippen molar-refractivity contribution < 1.29 is 28.8 Å². The van der Waals surface area contributed by atoms with Gasteiger partial charge in [-0.05, 0) is 38.3 Å². The molecule has 7 nitrogen and oxygen atoms in total. The molecular formula is C34H51NO6. The summed E-state index contributed by atoms with van der Waals surface area (Å²) in [5.74, 6) is 0. The highest BCUT2D eigenvalue weighted by Crippen LogP contribution is 2.34. The van der Waals surface area contributed by atoms with E-state index in [1.807, 2.05) is 81.4 Å². The number of hydrogen-bond acceptors (Lipinski definition) is 6. The van der Waals surface area contributed by atoms with Crippen LogP contribution in [-0.2, 0) is 32.2 Å². The van der Waals surface area contributed by atoms with Gasteiger partial charge in [-0.15, -0.1) is 0 Å². The SMILES string of the molecule is CCCCCCCC(O)CO[C@@H]1[C@@H](N(C)C(=O)OC(C)(C)C)[C@H](OCc2ccccc2)C[C@@H]1OCc1ccccc1. The quantitative estimate of drug-likeness (QED) is 0.222. The molecule has 0 aliphatic heterocycles. The second-order valence-electron chi connectivity index (χ2n) is 12.1. The van der Waals surface area contributed by atoms with Gasteiger partial charge in [0.1, 0.15) is 11.7 Å². The van der Waals surface area contributed by atoms with Gasteiger partial charge in [0.15, 0.2) is 0 Å². The van der Waals surface area contributed by atoms with Gasteiger partial charge < -0.3 is 29.0 Å². The van der Waals surface area contributed by atoms with Gasteiger partial charge in [0.25, 0.3) is 0 Å². The van der Waals surface area contributed by atoms with Gasteiger partial charge in [0.2, 0.25) is 0 Å². The summed E-state index contributed by atoms with van der Waals surface area (Å²) in [5.41, 5.74) is 1.47. The molecule has 1 N–H and O–H groups in total. The van der Waals surface area contributed by atoms with Crippen LogP contribution in [0.2, 0.25) is 0 Å². The van der Waals surface area contributed by atoms with Crippen molar-refractivity contribution in [2.24, 2.45) is 0 Å². The molecule has 1 aliphatic rings. The third-order valence-corrected chi connectivity index (χ3v) is 7.41. The van der Waals surface area contributed by atoms with Crippen molar-refractivity contribution in [1.82, 2.24) is 4.90 Å². The summed E-state index contributed by atoms with van der Waals surface area (Å²) in [5, 5.41) is 10.8. The summed E-state index contributed by atoms with van der Waals surface area (Å²) in [4.78, 5) is 14.9. The highest BCUT2D eigenvalue weighted by Gasteiger charge is 2.49. The van der Waals surface area contributed by atoms with Crippen LogP contribution in [0.4, 0.5) is 4.79 Å². The molecule has 0 radical (unpaired) electrons. The Labute approximate surface area is 247 Å². The fourth-order valence-electron chi connectivity index (χ4n) is 5.24. The van der Waals surface area contributed by atoms with Gasteiger partial charge in [-0.25, -0.2) is 4.79 Å². The molecule has 2 aromatic rings. The molecule has 0 heterocycles. The molecule has 1 fully saturated rings. The lowest BCUT2D eigenvalue weighted by atomic mass is 10.1. The van der Waals surface area contributed by atoms with E-state index in [1.54, 1.807) is 11.9 Å². The Hall–Kier alpha value is -2.45. The number of carbonyl (C=O) groups is 1. The first-order valence-corrected chi connectivity index (χ1v) is 15.2. The molecular weight excluding hydrogens is 518 g/mol. The number of aliphatic hydroxyl groups excluding tert-OH is 1. The predicted molar refractivity (Wildman–Crippen MR) is 162 cm³/mol. The molecule has 0 aromatic heterocycles. The average molecular weight is 570 g/mol. The summed E-state index contributed by atoms with van der Waals surface area (Å²) in [6.45, 7) is 8.76. The van der Waals surface area contributed by atoms with E-state index in [2.05, 4.69) is 6.92 Å². The molecule has 2 aromatic carbocycles. The third kappa shape index (κ3) is 11.4. The number of aliphatic hydroxyl groups is 1. The Kier molecular flexibility index (Phi) is 13.6. The van der Waals surface area contributed by atoms with Crippen LogP contribution in [0, 0.1) is 0 Å². The first-order valence-electron chi connectivity index (χ1n) is 15.2. The van der Waals surface area contributed by atoms with E-state index in [0.717, 1.165) is 24.0 Å². The Morgan fingerprint density at radius 1 is 0.878 bits per heavy atom. The third-order valence-electron chi connectivity index (χ3n) is 7.41. The van der Waals surface area contributed by atoms with E-state index >= 15 is 0 Å². The number of hydrogen-bond donors (Lipinski definition) is 1. The maximum Gasteiger partial charge on any atom is 0.410 e. The van der Waals surface area contributed by atoms with Crippen LogP contribution in [0.3, 0.4) is 0 Å². The molecule has 0 spiro atoms. The molecule has 1 saturated carbocycles. The molecule has 1 aliphatic carbocycles. The second kappa shape index (κ2) is 16.9. The molecule has 7 heteroatoms. The molecule has 0 saturated heterocycles. The Morgan fingerprint density at radius 2 is 1.44 bits per heavy atom. The highest BCUT2D eigenvalue weighted by molar-refractivity contribution is 5.68. The fourth-order valence-corrected chi connectivity index (χ4v) is 5.24. The summed E-state index contributed by atoms with van der Waals surface area (Å²) >= 11 is 0. The van der Waals surface area contributed by atoms with Crippen LogP contribution >= 0.6 is 0 Å². The Balaban J connectivity index is 1.77. The average Bonchev–Trinajstić information content (AvgIpc) is 3.30. The number of rotatable bonds is 16. The Bertz CT molecular complexity index is 995. The minimum atomic E-state index is -0.641. The lowest BCUT2D eigenvalue weighted by Crippen LogP contribution is -2.52. The minimum Gasteiger partial charge on any atom is -0.444 e. The maximum absolute atomic E-state index is 13.3. The maximum atomic E-state index is 13.3. The molecule has 1 unspecified atom stereocenters. The van der Waals surface area contributed by atoms with Crippen molar-refractivity contribution in [2.45, 2.75) is 122 Å². The molecule has 5 atom stereocenters. The highest BCUT2D eigenvalue weighted by atomic mass is 16.6. The number of nitrogens with zero attached hydrogens (tertiary/aromatic N) is 1. The van der Waals surface area contributed by atoms with Crippen molar-refractivity contribution in [3.8, 4) is 0 Å². The molecule has 1 amide bonds. The summed E-state index contributed by atoms with van der Waals surface area (Å²) in [7, 11) is 1.73. The van der Waals surface area contributed by atoms with Crippen LogP contribution in [-0.4, -0.2) is 65.8 Å². The summed E-state index contributed by atoms with van der Waals surface area (Å²) < 4.78 is 25.1. The molecule has 0 bridgehead atoms. The topological polar surface area (TPSA) is 77.5 Å². The largest absolute Gasteiger partial charge is 0.444 e. The number of benzene rings is 2. The predicted octanol–water partition coefficient (Wildman–Crippen LogP) is 6.90. The van der Waals surface area contributed by atoms with Gasteiger partial charge in [0.05, 0.1) is 44.2 Å². The Morgan fingerprint density at radius 3 is 2.00 bits per heavy atom. The number of amides is 1. The van der Waals surface area contributed by atoms with E-state index < -0.39 is 29.9 Å². The summed E-state index contributed by atoms with van der Waals surface area (Å²) in [6.07, 6.45) is 4.72. The van der Waals surface area contributed by atoms with E-state index in [-0.39, 0.29) is 18.8 Å². The van der Waals surface area contributed by atoms with Crippen LogP contribution in [0.25, 0.3) is 0 Å². The normalized spacial score (nSPS) is 21.5. The van der Waals surface area contributed by atoms with Gasteiger partial charge in [-0.3, -0.25) is 0 Å². The van der Waals surface area contributed by atoms with Crippen LogP contribution in [0.5, 0.6) is 0 Å². The second-order valence-corrected chi connectivity index (χ2v) is 12.1. The van der Waals surface area contributed by atoms with Crippen molar-refractivity contribution >= 4 is 6.09 Å². The lowest BCUT2D eigenvalue weighted by Gasteiger charge is -2.35. The van der Waals surface area contributed by atoms with Crippen molar-refractivity contribution in [1.29, 1.82) is 0 Å². The van der Waals surface area contributed by atoms with Crippen LogP contribution in [0.1, 0.15) is 83.8 Å². The molecule has 3 rings (SSSR count). The van der Waals surface area contributed by atoms with Crippen LogP contribution in [0.15, 0.2) is 60.7 Å². The minimum absolute atomic E-state index is 0.174. The zero-order valence-corrected chi connectivity index (χ0v) is 25.7.